The highest BCUT2D eigenvalue weighted by molar-refractivity contribution is 5.95. The molecule has 0 aliphatic carbocycles. The van der Waals surface area contributed by atoms with Gasteiger partial charge >= 0.3 is 6.09 Å². The summed E-state index contributed by atoms with van der Waals surface area (Å²) < 4.78 is 10.6. The number of ether oxygens (including phenoxy) is 2. The molecule has 7 nitrogen and oxygen atoms in total. The molecule has 3 aliphatic heterocycles. The number of fused-ring (bicyclic) bond motifs is 2. The lowest BCUT2D eigenvalue weighted by Crippen LogP contribution is -2.52. The highest BCUT2D eigenvalue weighted by Gasteiger charge is 2.46. The molecule has 164 valence electrons. The molecule has 2 saturated heterocycles. The second kappa shape index (κ2) is 8.46. The van der Waals surface area contributed by atoms with Crippen LogP contribution in [-0.4, -0.2) is 74.3 Å². The standard InChI is InChI=1S/C23H33N3O4/c1-4-30-22(28)25-11-7-18(8-12-25)24-13-9-23(10-14-24)16-26(17(2)27)21-6-5-19(29-3)15-20(21)23/h5-6,15,18H,4,7-14,16H2,1-3H3. The first kappa shape index (κ1) is 21.0. The number of amides is 2. The minimum Gasteiger partial charge on any atom is -0.497 e. The van der Waals surface area contributed by atoms with Crippen molar-refractivity contribution in [1.82, 2.24) is 9.80 Å². The van der Waals surface area contributed by atoms with E-state index < -0.39 is 0 Å². The zero-order valence-corrected chi connectivity index (χ0v) is 18.4. The second-order valence-electron chi connectivity index (χ2n) is 8.72. The molecule has 30 heavy (non-hydrogen) atoms. The van der Waals surface area contributed by atoms with Gasteiger partial charge in [0.2, 0.25) is 5.91 Å². The number of likely N-dealkylation sites (tertiary alicyclic amines) is 2. The lowest BCUT2D eigenvalue weighted by molar-refractivity contribution is -0.116. The predicted octanol–water partition coefficient (Wildman–Crippen LogP) is 3.02. The molecule has 0 atom stereocenters. The summed E-state index contributed by atoms with van der Waals surface area (Å²) in [6, 6.07) is 6.62. The first-order valence-corrected chi connectivity index (χ1v) is 11.1. The molecule has 3 aliphatic rings. The molecule has 4 rings (SSSR count). The van der Waals surface area contributed by atoms with Crippen LogP contribution in [0.4, 0.5) is 10.5 Å². The Balaban J connectivity index is 1.42. The number of carbonyl (C=O) groups is 2. The van der Waals surface area contributed by atoms with Crippen molar-refractivity contribution in [2.75, 3.05) is 51.3 Å². The van der Waals surface area contributed by atoms with E-state index in [0.29, 0.717) is 12.6 Å². The van der Waals surface area contributed by atoms with E-state index in [-0.39, 0.29) is 17.4 Å². The Labute approximate surface area is 178 Å². The molecule has 1 aromatic rings. The van der Waals surface area contributed by atoms with Crippen LogP contribution in [0.1, 0.15) is 45.1 Å². The molecule has 7 heteroatoms. The Morgan fingerprint density at radius 3 is 2.43 bits per heavy atom. The Morgan fingerprint density at radius 2 is 1.83 bits per heavy atom. The largest absolute Gasteiger partial charge is 0.497 e. The zero-order chi connectivity index (χ0) is 21.3. The summed E-state index contributed by atoms with van der Waals surface area (Å²) in [5, 5.41) is 0. The predicted molar refractivity (Wildman–Crippen MR) is 115 cm³/mol. The highest BCUT2D eigenvalue weighted by Crippen LogP contribution is 2.48. The van der Waals surface area contributed by atoms with Crippen molar-refractivity contribution < 1.29 is 19.1 Å². The molecule has 0 saturated carbocycles. The molecular formula is C23H33N3O4. The fraction of sp³-hybridized carbons (Fsp3) is 0.652. The lowest BCUT2D eigenvalue weighted by Gasteiger charge is -2.45. The fourth-order valence-corrected chi connectivity index (χ4v) is 5.43. The average molecular weight is 416 g/mol. The number of carbonyl (C=O) groups excluding carboxylic acids is 2. The zero-order valence-electron chi connectivity index (χ0n) is 18.4. The third-order valence-electron chi connectivity index (χ3n) is 7.17. The minimum atomic E-state index is -0.186. The number of hydrogen-bond acceptors (Lipinski definition) is 5. The summed E-state index contributed by atoms with van der Waals surface area (Å²) in [6.07, 6.45) is 3.88. The number of rotatable bonds is 3. The van der Waals surface area contributed by atoms with Crippen LogP contribution in [0.15, 0.2) is 18.2 Å². The van der Waals surface area contributed by atoms with Crippen LogP contribution in [0, 0.1) is 0 Å². The van der Waals surface area contributed by atoms with E-state index in [4.69, 9.17) is 9.47 Å². The molecule has 1 spiro atoms. The number of hydrogen-bond donors (Lipinski definition) is 0. The monoisotopic (exact) mass is 415 g/mol. The van der Waals surface area contributed by atoms with E-state index in [9.17, 15) is 9.59 Å². The smallest absolute Gasteiger partial charge is 0.409 e. The van der Waals surface area contributed by atoms with E-state index in [0.717, 1.165) is 69.8 Å². The van der Waals surface area contributed by atoms with Crippen molar-refractivity contribution in [3.63, 3.8) is 0 Å². The van der Waals surface area contributed by atoms with Gasteiger partial charge in [0.1, 0.15) is 5.75 Å². The van der Waals surface area contributed by atoms with Crippen molar-refractivity contribution in [2.45, 2.75) is 51.0 Å². The minimum absolute atomic E-state index is 0.0116. The number of benzene rings is 1. The molecule has 0 N–H and O–H groups in total. The molecule has 3 heterocycles. The quantitative estimate of drug-likeness (QED) is 0.759. The Morgan fingerprint density at radius 1 is 1.13 bits per heavy atom. The van der Waals surface area contributed by atoms with Gasteiger partial charge in [-0.05, 0) is 69.5 Å². The van der Waals surface area contributed by atoms with Crippen LogP contribution in [0.5, 0.6) is 5.75 Å². The third kappa shape index (κ3) is 3.75. The topological polar surface area (TPSA) is 62.3 Å². The van der Waals surface area contributed by atoms with Gasteiger partial charge in [-0.3, -0.25) is 4.79 Å². The lowest BCUT2D eigenvalue weighted by atomic mass is 9.73. The first-order chi connectivity index (χ1) is 14.5. The van der Waals surface area contributed by atoms with Gasteiger partial charge < -0.3 is 24.2 Å². The fourth-order valence-electron chi connectivity index (χ4n) is 5.43. The summed E-state index contributed by atoms with van der Waals surface area (Å²) in [7, 11) is 1.69. The van der Waals surface area contributed by atoms with Gasteiger partial charge in [-0.25, -0.2) is 4.79 Å². The summed E-state index contributed by atoms with van der Waals surface area (Å²) in [5.41, 5.74) is 2.31. The Hall–Kier alpha value is -2.28. The molecule has 2 amide bonds. The molecule has 0 unspecified atom stereocenters. The molecule has 2 fully saturated rings. The van der Waals surface area contributed by atoms with Gasteiger partial charge in [0, 0.05) is 43.7 Å². The number of nitrogens with zero attached hydrogens (tertiary/aromatic N) is 3. The summed E-state index contributed by atoms with van der Waals surface area (Å²) >= 11 is 0. The highest BCUT2D eigenvalue weighted by atomic mass is 16.6. The van der Waals surface area contributed by atoms with E-state index >= 15 is 0 Å². The summed E-state index contributed by atoms with van der Waals surface area (Å²) in [6.45, 7) is 8.26. The Kier molecular flexibility index (Phi) is 5.91. The van der Waals surface area contributed by atoms with E-state index in [2.05, 4.69) is 11.0 Å². The maximum Gasteiger partial charge on any atom is 0.409 e. The first-order valence-electron chi connectivity index (χ1n) is 11.1. The maximum atomic E-state index is 12.3. The van der Waals surface area contributed by atoms with Gasteiger partial charge in [-0.15, -0.1) is 0 Å². The van der Waals surface area contributed by atoms with Gasteiger partial charge in [0.25, 0.3) is 0 Å². The molecule has 1 aromatic carbocycles. The van der Waals surface area contributed by atoms with Crippen LogP contribution < -0.4 is 9.64 Å². The SMILES string of the molecule is CCOC(=O)N1CCC(N2CCC3(CC2)CN(C(C)=O)c2ccc(OC)cc23)CC1. The number of anilines is 1. The van der Waals surface area contributed by atoms with Crippen LogP contribution in [0.3, 0.4) is 0 Å². The summed E-state index contributed by atoms with van der Waals surface area (Å²) in [5.74, 6) is 0.958. The third-order valence-corrected chi connectivity index (χ3v) is 7.17. The van der Waals surface area contributed by atoms with Crippen LogP contribution in [-0.2, 0) is 14.9 Å². The molecular weight excluding hydrogens is 382 g/mol. The molecule has 0 radical (unpaired) electrons. The normalized spacial score (nSPS) is 21.6. The molecule has 0 bridgehead atoms. The van der Waals surface area contributed by atoms with Crippen molar-refractivity contribution in [3.05, 3.63) is 23.8 Å². The van der Waals surface area contributed by atoms with Crippen molar-refractivity contribution in [3.8, 4) is 5.75 Å². The summed E-state index contributed by atoms with van der Waals surface area (Å²) in [4.78, 5) is 30.6. The van der Waals surface area contributed by atoms with Crippen LogP contribution in [0.2, 0.25) is 0 Å². The van der Waals surface area contributed by atoms with Crippen molar-refractivity contribution >= 4 is 17.7 Å². The van der Waals surface area contributed by atoms with Gasteiger partial charge in [0.15, 0.2) is 0 Å². The average Bonchev–Trinajstić information content (AvgIpc) is 3.08. The number of piperidine rings is 2. The van der Waals surface area contributed by atoms with Gasteiger partial charge in [-0.2, -0.15) is 0 Å². The van der Waals surface area contributed by atoms with Crippen molar-refractivity contribution in [1.29, 1.82) is 0 Å². The van der Waals surface area contributed by atoms with Gasteiger partial charge in [0.05, 0.1) is 13.7 Å². The van der Waals surface area contributed by atoms with Gasteiger partial charge in [-0.1, -0.05) is 0 Å². The Bertz CT molecular complexity index is 796. The second-order valence-corrected chi connectivity index (χ2v) is 8.72. The van der Waals surface area contributed by atoms with Crippen molar-refractivity contribution in [2.24, 2.45) is 0 Å². The molecule has 0 aromatic heterocycles. The van der Waals surface area contributed by atoms with E-state index in [1.807, 2.05) is 28.9 Å². The van der Waals surface area contributed by atoms with Crippen LogP contribution >= 0.6 is 0 Å². The maximum absolute atomic E-state index is 12.3. The van der Waals surface area contributed by atoms with E-state index in [1.165, 1.54) is 5.56 Å². The van der Waals surface area contributed by atoms with Crippen LogP contribution in [0.25, 0.3) is 0 Å². The van der Waals surface area contributed by atoms with E-state index in [1.54, 1.807) is 14.0 Å². The number of methoxy groups -OCH3 is 1.